The summed E-state index contributed by atoms with van der Waals surface area (Å²) in [5, 5.41) is 0. The lowest BCUT2D eigenvalue weighted by atomic mass is 9.95. The van der Waals surface area contributed by atoms with Gasteiger partial charge in [0.25, 0.3) is 0 Å². The molecule has 0 spiro atoms. The molecule has 0 fully saturated rings. The zero-order valence-corrected chi connectivity index (χ0v) is 12.2. The molecule has 88 valence electrons. The molecule has 0 saturated heterocycles. The van der Waals surface area contributed by atoms with Gasteiger partial charge < -0.3 is 0 Å². The number of benzene rings is 1. The van der Waals surface area contributed by atoms with Gasteiger partial charge in [0.1, 0.15) is 0 Å². The highest BCUT2D eigenvalue weighted by Crippen LogP contribution is 2.22. The third-order valence-corrected chi connectivity index (χ3v) is 3.66. The van der Waals surface area contributed by atoms with E-state index >= 15 is 0 Å². The zero-order chi connectivity index (χ0) is 12.3. The molecular weight excluding hydrogens is 287 g/mol. The fourth-order valence-corrected chi connectivity index (χ4v) is 2.89. The Hall–Kier alpha value is -0.340. The first-order valence-electron chi connectivity index (χ1n) is 5.29. The van der Waals surface area contributed by atoms with Crippen LogP contribution in [-0.4, -0.2) is 16.5 Å². The van der Waals surface area contributed by atoms with Crippen molar-refractivity contribution in [3.8, 4) is 0 Å². The second-order valence-corrected chi connectivity index (χ2v) is 5.57. The zero-order valence-electron chi connectivity index (χ0n) is 9.81. The van der Waals surface area contributed by atoms with Gasteiger partial charge in [0.15, 0.2) is 5.78 Å². The van der Waals surface area contributed by atoms with Crippen molar-refractivity contribution in [3.05, 3.63) is 34.4 Å². The first-order valence-corrected chi connectivity index (χ1v) is 6.74. The van der Waals surface area contributed by atoms with Crippen LogP contribution in [0.2, 0.25) is 0 Å². The summed E-state index contributed by atoms with van der Waals surface area (Å²) >= 11 is 9.04. The van der Waals surface area contributed by atoms with Gasteiger partial charge in [0, 0.05) is 11.4 Å². The number of ketones is 1. The molecule has 1 unspecified atom stereocenters. The average molecular weight is 304 g/mol. The van der Waals surface area contributed by atoms with Crippen molar-refractivity contribution >= 4 is 33.3 Å². The molecule has 0 aliphatic rings. The Balaban J connectivity index is 3.08. The number of rotatable bonds is 4. The Kier molecular flexibility index (Phi) is 5.00. The van der Waals surface area contributed by atoms with E-state index in [0.29, 0.717) is 12.3 Å². The van der Waals surface area contributed by atoms with Crippen molar-refractivity contribution in [1.82, 2.24) is 0 Å². The van der Waals surface area contributed by atoms with Crippen LogP contribution in [0.3, 0.4) is 0 Å². The fraction of sp³-hybridized carbons (Fsp3) is 0.462. The molecule has 0 amide bonds. The highest BCUT2D eigenvalue weighted by Gasteiger charge is 2.20. The highest BCUT2D eigenvalue weighted by atomic mass is 79.9. The van der Waals surface area contributed by atoms with Crippen molar-refractivity contribution in [3.63, 3.8) is 0 Å². The maximum absolute atomic E-state index is 12.2. The van der Waals surface area contributed by atoms with Gasteiger partial charge in [-0.3, -0.25) is 4.79 Å². The van der Waals surface area contributed by atoms with E-state index in [1.807, 2.05) is 32.9 Å². The van der Waals surface area contributed by atoms with Crippen molar-refractivity contribution < 1.29 is 4.79 Å². The Morgan fingerprint density at radius 1 is 1.31 bits per heavy atom. The molecule has 1 rings (SSSR count). The van der Waals surface area contributed by atoms with Crippen LogP contribution in [0, 0.1) is 20.8 Å². The number of aryl methyl sites for hydroxylation is 3. The highest BCUT2D eigenvalue weighted by molar-refractivity contribution is 9.10. The second kappa shape index (κ2) is 5.83. The predicted octanol–water partition coefficient (Wildman–Crippen LogP) is 4.19. The smallest absolute Gasteiger partial charge is 0.177 e. The van der Waals surface area contributed by atoms with Crippen molar-refractivity contribution in [1.29, 1.82) is 0 Å². The molecule has 1 atom stereocenters. The van der Waals surface area contributed by atoms with Crippen LogP contribution in [0.4, 0.5) is 0 Å². The normalized spacial score (nSPS) is 12.6. The summed E-state index contributed by atoms with van der Waals surface area (Å²) in [5.41, 5.74) is 4.11. The summed E-state index contributed by atoms with van der Waals surface area (Å²) < 4.78 is 0. The van der Waals surface area contributed by atoms with E-state index in [2.05, 4.69) is 15.9 Å². The van der Waals surface area contributed by atoms with E-state index in [4.69, 9.17) is 11.6 Å². The Morgan fingerprint density at radius 2 is 1.81 bits per heavy atom. The predicted molar refractivity (Wildman–Crippen MR) is 73.0 cm³/mol. The quantitative estimate of drug-likeness (QED) is 0.602. The van der Waals surface area contributed by atoms with Crippen LogP contribution in [0.15, 0.2) is 12.1 Å². The molecule has 0 bridgehead atoms. The van der Waals surface area contributed by atoms with Crippen molar-refractivity contribution in [2.45, 2.75) is 32.0 Å². The number of alkyl halides is 2. The van der Waals surface area contributed by atoms with Gasteiger partial charge in [-0.05, 0) is 38.3 Å². The maximum Gasteiger partial charge on any atom is 0.177 e. The van der Waals surface area contributed by atoms with Crippen LogP contribution in [0.1, 0.15) is 33.5 Å². The number of hydrogen-bond donors (Lipinski definition) is 0. The first kappa shape index (κ1) is 13.7. The third kappa shape index (κ3) is 3.08. The van der Waals surface area contributed by atoms with Gasteiger partial charge in [0.05, 0.1) is 4.83 Å². The van der Waals surface area contributed by atoms with Gasteiger partial charge in [-0.15, -0.1) is 11.6 Å². The lowest BCUT2D eigenvalue weighted by Gasteiger charge is -2.13. The maximum atomic E-state index is 12.2. The summed E-state index contributed by atoms with van der Waals surface area (Å²) in [6.45, 7) is 6.00. The van der Waals surface area contributed by atoms with Crippen molar-refractivity contribution in [2.24, 2.45) is 0 Å². The molecule has 3 heteroatoms. The molecule has 1 aromatic carbocycles. The minimum Gasteiger partial charge on any atom is -0.293 e. The van der Waals surface area contributed by atoms with E-state index < -0.39 is 0 Å². The van der Waals surface area contributed by atoms with Crippen LogP contribution >= 0.6 is 27.5 Å². The molecule has 1 aromatic rings. The molecule has 0 aliphatic heterocycles. The van der Waals surface area contributed by atoms with Gasteiger partial charge in [-0.2, -0.15) is 0 Å². The van der Waals surface area contributed by atoms with E-state index in [1.165, 1.54) is 5.56 Å². The van der Waals surface area contributed by atoms with Gasteiger partial charge in [-0.1, -0.05) is 33.6 Å². The lowest BCUT2D eigenvalue weighted by Crippen LogP contribution is -2.17. The standard InChI is InChI=1S/C13H16BrClO/c1-8-6-9(2)12(10(3)7-8)13(16)11(14)4-5-15/h6-7,11H,4-5H2,1-3H3. The number of carbonyl (C=O) groups is 1. The van der Waals surface area contributed by atoms with Crippen LogP contribution in [-0.2, 0) is 0 Å². The molecule has 0 saturated carbocycles. The molecule has 0 aromatic heterocycles. The van der Waals surface area contributed by atoms with Crippen molar-refractivity contribution in [2.75, 3.05) is 5.88 Å². The average Bonchev–Trinajstić information content (AvgIpc) is 2.16. The number of halogens is 2. The number of Topliss-reactive ketones (excluding diaryl/α,β-unsaturated/α-hetero) is 1. The summed E-state index contributed by atoms with van der Waals surface area (Å²) in [4.78, 5) is 12.0. The van der Waals surface area contributed by atoms with Gasteiger partial charge in [-0.25, -0.2) is 0 Å². The Labute approximate surface area is 110 Å². The molecule has 1 nitrogen and oxygen atoms in total. The van der Waals surface area contributed by atoms with E-state index in [1.54, 1.807) is 0 Å². The summed E-state index contributed by atoms with van der Waals surface area (Å²) in [7, 11) is 0. The number of hydrogen-bond acceptors (Lipinski definition) is 1. The second-order valence-electron chi connectivity index (χ2n) is 4.08. The molecular formula is C13H16BrClO. The van der Waals surface area contributed by atoms with E-state index in [9.17, 15) is 4.79 Å². The lowest BCUT2D eigenvalue weighted by molar-refractivity contribution is 0.0989. The first-order chi connectivity index (χ1) is 7.47. The summed E-state index contributed by atoms with van der Waals surface area (Å²) in [6.07, 6.45) is 0.660. The summed E-state index contributed by atoms with van der Waals surface area (Å²) in [6, 6.07) is 4.08. The van der Waals surface area contributed by atoms with Crippen LogP contribution in [0.5, 0.6) is 0 Å². The Morgan fingerprint density at radius 3 is 2.25 bits per heavy atom. The molecule has 0 heterocycles. The molecule has 0 N–H and O–H groups in total. The molecule has 0 aliphatic carbocycles. The summed E-state index contributed by atoms with van der Waals surface area (Å²) in [5.74, 6) is 0.627. The fourth-order valence-electron chi connectivity index (χ4n) is 1.95. The molecule has 16 heavy (non-hydrogen) atoms. The molecule has 0 radical (unpaired) electrons. The Bertz CT molecular complexity index is 378. The largest absolute Gasteiger partial charge is 0.293 e. The third-order valence-electron chi connectivity index (χ3n) is 2.57. The topological polar surface area (TPSA) is 17.1 Å². The van der Waals surface area contributed by atoms with E-state index in [-0.39, 0.29) is 10.6 Å². The number of carbonyl (C=O) groups excluding carboxylic acids is 1. The SMILES string of the molecule is Cc1cc(C)c(C(=O)C(Br)CCCl)c(C)c1. The minimum atomic E-state index is -0.176. The van der Waals surface area contributed by atoms with Crippen LogP contribution in [0.25, 0.3) is 0 Å². The van der Waals surface area contributed by atoms with Gasteiger partial charge >= 0.3 is 0 Å². The minimum absolute atomic E-state index is 0.135. The monoisotopic (exact) mass is 302 g/mol. The van der Waals surface area contributed by atoms with Gasteiger partial charge in [0.2, 0.25) is 0 Å². The van der Waals surface area contributed by atoms with Crippen LogP contribution < -0.4 is 0 Å². The van der Waals surface area contributed by atoms with E-state index in [0.717, 1.165) is 16.7 Å².